The van der Waals surface area contributed by atoms with Gasteiger partial charge in [-0.05, 0) is 18.9 Å². The molecule has 1 heterocycles. The Morgan fingerprint density at radius 1 is 1.47 bits per heavy atom. The van der Waals surface area contributed by atoms with Crippen molar-refractivity contribution in [1.82, 2.24) is 15.1 Å². The molecule has 1 atom stereocenters. The predicted octanol–water partition coefficient (Wildman–Crippen LogP) is 0.552. The van der Waals surface area contributed by atoms with Crippen LogP contribution >= 0.6 is 0 Å². The number of nitrogens with zero attached hydrogens (tertiary/aromatic N) is 2. The fraction of sp³-hybridized carbons (Fsp3) is 0.545. The topological polar surface area (TPSA) is 50.1 Å². The second kappa shape index (κ2) is 5.09. The zero-order valence-corrected chi connectivity index (χ0v) is 8.71. The monoisotopic (exact) mass is 207 g/mol. The van der Waals surface area contributed by atoms with Gasteiger partial charge in [-0.1, -0.05) is 12.2 Å². The highest BCUT2D eigenvalue weighted by atomic mass is 16.3. The average Bonchev–Trinajstić information content (AvgIpc) is 2.86. The summed E-state index contributed by atoms with van der Waals surface area (Å²) in [6, 6.07) is 2.37. The van der Waals surface area contributed by atoms with Gasteiger partial charge in [-0.25, -0.2) is 0 Å². The molecule has 0 aliphatic heterocycles. The summed E-state index contributed by atoms with van der Waals surface area (Å²) in [4.78, 5) is 0. The Bertz CT molecular complexity index is 300. The van der Waals surface area contributed by atoms with Crippen LogP contribution in [0.2, 0.25) is 0 Å². The van der Waals surface area contributed by atoms with Gasteiger partial charge in [0.2, 0.25) is 0 Å². The van der Waals surface area contributed by atoms with Gasteiger partial charge in [0, 0.05) is 25.0 Å². The average molecular weight is 207 g/mol. The summed E-state index contributed by atoms with van der Waals surface area (Å²) in [6.45, 7) is 1.19. The van der Waals surface area contributed by atoms with E-state index in [2.05, 4.69) is 22.6 Å². The Morgan fingerprint density at radius 2 is 2.27 bits per heavy atom. The third-order valence-electron chi connectivity index (χ3n) is 2.61. The van der Waals surface area contributed by atoms with Gasteiger partial charge in [-0.15, -0.1) is 0 Å². The van der Waals surface area contributed by atoms with E-state index in [-0.39, 0.29) is 6.10 Å². The van der Waals surface area contributed by atoms with E-state index in [4.69, 9.17) is 0 Å². The number of rotatable bonds is 5. The third-order valence-corrected chi connectivity index (χ3v) is 2.61. The lowest BCUT2D eigenvalue weighted by atomic mass is 10.2. The summed E-state index contributed by atoms with van der Waals surface area (Å²) < 4.78 is 1.75. The van der Waals surface area contributed by atoms with Crippen LogP contribution in [0.5, 0.6) is 0 Å². The molecule has 0 bridgehead atoms. The van der Waals surface area contributed by atoms with Crippen LogP contribution in [-0.4, -0.2) is 33.6 Å². The van der Waals surface area contributed by atoms with Crippen LogP contribution in [0.3, 0.4) is 0 Å². The maximum Gasteiger partial charge on any atom is 0.0860 e. The summed E-state index contributed by atoms with van der Waals surface area (Å²) in [5.41, 5.74) is 0. The molecule has 82 valence electrons. The first-order valence-electron chi connectivity index (χ1n) is 5.38. The van der Waals surface area contributed by atoms with Gasteiger partial charge >= 0.3 is 0 Å². The maximum atomic E-state index is 9.74. The molecule has 1 aromatic heterocycles. The van der Waals surface area contributed by atoms with Gasteiger partial charge in [0.1, 0.15) is 0 Å². The quantitative estimate of drug-likeness (QED) is 0.693. The van der Waals surface area contributed by atoms with E-state index < -0.39 is 0 Å². The first-order valence-corrected chi connectivity index (χ1v) is 5.38. The summed E-state index contributed by atoms with van der Waals surface area (Å²) in [5.74, 6) is 0. The molecule has 0 saturated carbocycles. The molecule has 4 heteroatoms. The first-order chi connectivity index (χ1) is 7.34. The van der Waals surface area contributed by atoms with Crippen LogP contribution in [-0.2, 0) is 6.54 Å². The summed E-state index contributed by atoms with van der Waals surface area (Å²) in [7, 11) is 0. The number of aliphatic hydroxyl groups is 1. The van der Waals surface area contributed by atoms with E-state index in [9.17, 15) is 5.11 Å². The van der Waals surface area contributed by atoms with E-state index >= 15 is 0 Å². The molecular weight excluding hydrogens is 190 g/mol. The minimum atomic E-state index is -0.370. The van der Waals surface area contributed by atoms with Crippen LogP contribution in [0, 0.1) is 0 Å². The summed E-state index contributed by atoms with van der Waals surface area (Å²) >= 11 is 0. The number of hydrogen-bond donors (Lipinski definition) is 2. The van der Waals surface area contributed by atoms with Crippen molar-refractivity contribution in [2.45, 2.75) is 31.5 Å². The van der Waals surface area contributed by atoms with E-state index in [1.165, 1.54) is 0 Å². The highest BCUT2D eigenvalue weighted by molar-refractivity contribution is 4.97. The molecule has 2 rings (SSSR count). The maximum absolute atomic E-state index is 9.74. The first kappa shape index (κ1) is 10.4. The number of nitrogens with one attached hydrogen (secondary N) is 1. The lowest BCUT2D eigenvalue weighted by Crippen LogP contribution is -2.36. The van der Waals surface area contributed by atoms with Gasteiger partial charge in [0.05, 0.1) is 12.6 Å². The van der Waals surface area contributed by atoms with E-state index in [0.29, 0.717) is 19.1 Å². The molecule has 4 nitrogen and oxygen atoms in total. The number of hydrogen-bond acceptors (Lipinski definition) is 3. The van der Waals surface area contributed by atoms with Crippen molar-refractivity contribution in [3.8, 4) is 0 Å². The molecule has 1 unspecified atom stereocenters. The van der Waals surface area contributed by atoms with Gasteiger partial charge in [0.25, 0.3) is 0 Å². The van der Waals surface area contributed by atoms with Crippen molar-refractivity contribution < 1.29 is 5.11 Å². The molecule has 15 heavy (non-hydrogen) atoms. The van der Waals surface area contributed by atoms with Crippen molar-refractivity contribution in [3.05, 3.63) is 30.6 Å². The molecule has 2 N–H and O–H groups in total. The van der Waals surface area contributed by atoms with Crippen molar-refractivity contribution in [2.24, 2.45) is 0 Å². The highest BCUT2D eigenvalue weighted by Gasteiger charge is 2.11. The summed E-state index contributed by atoms with van der Waals surface area (Å²) in [5, 5.41) is 17.1. The molecule has 0 spiro atoms. The number of aromatic nitrogens is 2. The lowest BCUT2D eigenvalue weighted by molar-refractivity contribution is 0.143. The molecule has 0 saturated heterocycles. The molecule has 0 radical (unpaired) electrons. The minimum Gasteiger partial charge on any atom is -0.390 e. The summed E-state index contributed by atoms with van der Waals surface area (Å²) in [6.07, 6.45) is 9.73. The van der Waals surface area contributed by atoms with E-state index in [1.807, 2.05) is 12.3 Å². The normalized spacial score (nSPS) is 18.5. The second-order valence-electron chi connectivity index (χ2n) is 3.93. The zero-order chi connectivity index (χ0) is 10.5. The van der Waals surface area contributed by atoms with Crippen LogP contribution in [0.25, 0.3) is 0 Å². The van der Waals surface area contributed by atoms with Crippen LogP contribution < -0.4 is 5.32 Å². The largest absolute Gasteiger partial charge is 0.390 e. The molecule has 0 fully saturated rings. The van der Waals surface area contributed by atoms with E-state index in [1.54, 1.807) is 10.9 Å². The molecule has 0 amide bonds. The third kappa shape index (κ3) is 3.18. The van der Waals surface area contributed by atoms with Crippen molar-refractivity contribution in [1.29, 1.82) is 0 Å². The van der Waals surface area contributed by atoms with E-state index in [0.717, 1.165) is 12.8 Å². The van der Waals surface area contributed by atoms with Crippen molar-refractivity contribution in [2.75, 3.05) is 6.54 Å². The minimum absolute atomic E-state index is 0.370. The smallest absolute Gasteiger partial charge is 0.0860 e. The van der Waals surface area contributed by atoms with Crippen molar-refractivity contribution >= 4 is 0 Å². The standard InChI is InChI=1S/C11H17N3O/c15-11(9-14-7-3-6-13-14)8-12-10-4-1-2-5-10/h1-3,6-7,10-12,15H,4-5,8-9H2. The Labute approximate surface area is 89.6 Å². The molecule has 1 aliphatic carbocycles. The zero-order valence-electron chi connectivity index (χ0n) is 8.71. The van der Waals surface area contributed by atoms with Gasteiger partial charge in [0.15, 0.2) is 0 Å². The van der Waals surface area contributed by atoms with Crippen molar-refractivity contribution in [3.63, 3.8) is 0 Å². The SMILES string of the molecule is OC(CNC1CC=CC1)Cn1cccn1. The Hall–Kier alpha value is -1.13. The highest BCUT2D eigenvalue weighted by Crippen LogP contribution is 2.08. The second-order valence-corrected chi connectivity index (χ2v) is 3.93. The molecule has 1 aromatic rings. The van der Waals surface area contributed by atoms with Gasteiger partial charge < -0.3 is 10.4 Å². The van der Waals surface area contributed by atoms with Gasteiger partial charge in [-0.2, -0.15) is 5.10 Å². The van der Waals surface area contributed by atoms with Gasteiger partial charge in [-0.3, -0.25) is 4.68 Å². The molecule has 0 aromatic carbocycles. The predicted molar refractivity (Wildman–Crippen MR) is 58.4 cm³/mol. The Balaban J connectivity index is 1.66. The fourth-order valence-corrected chi connectivity index (χ4v) is 1.78. The Morgan fingerprint density at radius 3 is 2.93 bits per heavy atom. The molecular formula is C11H17N3O. The lowest BCUT2D eigenvalue weighted by Gasteiger charge is -2.16. The number of aliphatic hydroxyl groups excluding tert-OH is 1. The van der Waals surface area contributed by atoms with Crippen LogP contribution in [0.15, 0.2) is 30.6 Å². The Kier molecular flexibility index (Phi) is 3.53. The van der Waals surface area contributed by atoms with Crippen LogP contribution in [0.1, 0.15) is 12.8 Å². The fourth-order valence-electron chi connectivity index (χ4n) is 1.78. The molecule has 1 aliphatic rings. The van der Waals surface area contributed by atoms with Crippen LogP contribution in [0.4, 0.5) is 0 Å².